The number of benzene rings is 1. The molecule has 0 aliphatic carbocycles. The van der Waals surface area contributed by atoms with E-state index in [0.717, 1.165) is 29.8 Å². The molecule has 1 aromatic heterocycles. The minimum absolute atomic E-state index is 0.158. The van der Waals surface area contributed by atoms with Crippen LogP contribution < -0.4 is 10.2 Å². The maximum absolute atomic E-state index is 12.4. The summed E-state index contributed by atoms with van der Waals surface area (Å²) < 4.78 is 13.3. The predicted octanol–water partition coefficient (Wildman–Crippen LogP) is 5.11. The molecule has 1 aliphatic rings. The molecule has 7 heteroatoms. The lowest BCUT2D eigenvalue weighted by Gasteiger charge is -2.15. The first-order chi connectivity index (χ1) is 15.9. The Labute approximate surface area is 201 Å². The summed E-state index contributed by atoms with van der Waals surface area (Å²) in [5.74, 6) is 0.874. The van der Waals surface area contributed by atoms with Crippen molar-refractivity contribution >= 4 is 18.2 Å². The highest BCUT2D eigenvalue weighted by Crippen LogP contribution is 2.21. The second-order valence-electron chi connectivity index (χ2n) is 7.30. The smallest absolute Gasteiger partial charge is 0.227 e. The SMILES string of the molecule is C=C.C=CC1=C(C)CN(Cc2cc(=O)c(OCc3ccc(SN(C)C)cc3)co2)C1.CC=O. The third kappa shape index (κ3) is 9.65. The van der Waals surface area contributed by atoms with Crippen molar-refractivity contribution in [3.63, 3.8) is 0 Å². The van der Waals surface area contributed by atoms with Gasteiger partial charge >= 0.3 is 0 Å². The largest absolute Gasteiger partial charge is 0.482 e. The normalized spacial score (nSPS) is 13.0. The fraction of sp³-hybridized carbons (Fsp3) is 0.308. The zero-order chi connectivity index (χ0) is 24.8. The number of hydrogen-bond donors (Lipinski definition) is 0. The van der Waals surface area contributed by atoms with Crippen molar-refractivity contribution in [1.82, 2.24) is 9.21 Å². The lowest BCUT2D eigenvalue weighted by Crippen LogP contribution is -2.21. The van der Waals surface area contributed by atoms with Crippen molar-refractivity contribution in [1.29, 1.82) is 0 Å². The van der Waals surface area contributed by atoms with Crippen LogP contribution in [0.2, 0.25) is 0 Å². The molecular formula is C26H34N2O4S. The van der Waals surface area contributed by atoms with Crippen LogP contribution in [0.4, 0.5) is 0 Å². The van der Waals surface area contributed by atoms with Crippen molar-refractivity contribution in [2.24, 2.45) is 0 Å². The summed E-state index contributed by atoms with van der Waals surface area (Å²) >= 11 is 1.66. The number of rotatable bonds is 8. The van der Waals surface area contributed by atoms with E-state index in [2.05, 4.69) is 31.6 Å². The van der Waals surface area contributed by atoms with Crippen molar-refractivity contribution in [3.8, 4) is 5.75 Å². The van der Waals surface area contributed by atoms with Crippen LogP contribution >= 0.6 is 11.9 Å². The Bertz CT molecular complexity index is 981. The van der Waals surface area contributed by atoms with Gasteiger partial charge in [-0.1, -0.05) is 30.4 Å². The van der Waals surface area contributed by atoms with Crippen LogP contribution in [0, 0.1) is 0 Å². The summed E-state index contributed by atoms with van der Waals surface area (Å²) in [6, 6.07) is 9.61. The zero-order valence-corrected chi connectivity index (χ0v) is 20.8. The molecule has 2 heterocycles. The van der Waals surface area contributed by atoms with Gasteiger partial charge in [-0.25, -0.2) is 0 Å². The average molecular weight is 471 g/mol. The van der Waals surface area contributed by atoms with Gasteiger partial charge in [-0.15, -0.1) is 13.2 Å². The highest BCUT2D eigenvalue weighted by Gasteiger charge is 2.18. The molecule has 0 fully saturated rings. The van der Waals surface area contributed by atoms with E-state index >= 15 is 0 Å². The summed E-state index contributed by atoms with van der Waals surface area (Å²) in [6.07, 6.45) is 4.06. The monoisotopic (exact) mass is 470 g/mol. The molecule has 2 aromatic rings. The van der Waals surface area contributed by atoms with Crippen molar-refractivity contribution in [2.45, 2.75) is 31.9 Å². The molecule has 1 aromatic carbocycles. The maximum atomic E-state index is 12.4. The van der Waals surface area contributed by atoms with Crippen LogP contribution in [0.25, 0.3) is 0 Å². The molecule has 0 bridgehead atoms. The Kier molecular flexibility index (Phi) is 12.8. The quantitative estimate of drug-likeness (QED) is 0.302. The summed E-state index contributed by atoms with van der Waals surface area (Å²) in [5, 5.41) is 0. The first kappa shape index (κ1) is 28.2. The molecule has 0 amide bonds. The lowest BCUT2D eigenvalue weighted by atomic mass is 10.2. The van der Waals surface area contributed by atoms with E-state index in [1.165, 1.54) is 30.4 Å². The zero-order valence-electron chi connectivity index (χ0n) is 20.0. The summed E-state index contributed by atoms with van der Waals surface area (Å²) in [4.78, 5) is 24.5. The molecular weight excluding hydrogens is 436 g/mol. The van der Waals surface area contributed by atoms with Crippen molar-refractivity contribution in [3.05, 3.63) is 95.1 Å². The Morgan fingerprint density at radius 3 is 2.36 bits per heavy atom. The van der Waals surface area contributed by atoms with Gasteiger partial charge in [-0.2, -0.15) is 0 Å². The number of carbonyl (C=O) groups is 1. The van der Waals surface area contributed by atoms with Crippen molar-refractivity contribution < 1.29 is 13.9 Å². The van der Waals surface area contributed by atoms with E-state index in [-0.39, 0.29) is 11.2 Å². The fourth-order valence-corrected chi connectivity index (χ4v) is 3.76. The van der Waals surface area contributed by atoms with Gasteiger partial charge < -0.3 is 13.9 Å². The molecule has 0 saturated carbocycles. The van der Waals surface area contributed by atoms with Crippen LogP contribution in [-0.4, -0.2) is 42.7 Å². The Hall–Kier alpha value is -2.87. The van der Waals surface area contributed by atoms with Gasteiger partial charge in [0.2, 0.25) is 11.2 Å². The van der Waals surface area contributed by atoms with E-state index in [1.54, 1.807) is 11.9 Å². The van der Waals surface area contributed by atoms with Gasteiger partial charge in [-0.05, 0) is 63.2 Å². The van der Waals surface area contributed by atoms with E-state index in [0.29, 0.717) is 18.9 Å². The van der Waals surface area contributed by atoms with Crippen molar-refractivity contribution in [2.75, 3.05) is 27.2 Å². The molecule has 0 saturated heterocycles. The lowest BCUT2D eigenvalue weighted by molar-refractivity contribution is -0.106. The summed E-state index contributed by atoms with van der Waals surface area (Å²) in [7, 11) is 4.01. The predicted molar refractivity (Wildman–Crippen MR) is 136 cm³/mol. The van der Waals surface area contributed by atoms with Gasteiger partial charge in [0.15, 0.2) is 0 Å². The maximum Gasteiger partial charge on any atom is 0.227 e. The molecule has 33 heavy (non-hydrogen) atoms. The molecule has 6 nitrogen and oxygen atoms in total. The van der Waals surface area contributed by atoms with Gasteiger partial charge in [0.25, 0.3) is 0 Å². The highest BCUT2D eigenvalue weighted by atomic mass is 32.2. The van der Waals surface area contributed by atoms with E-state index in [9.17, 15) is 4.79 Å². The molecule has 0 radical (unpaired) electrons. The third-order valence-corrected chi connectivity index (χ3v) is 5.33. The van der Waals surface area contributed by atoms with Crippen LogP contribution in [0.3, 0.4) is 0 Å². The fourth-order valence-electron chi connectivity index (χ4n) is 3.08. The molecule has 1 aliphatic heterocycles. The van der Waals surface area contributed by atoms with E-state index in [1.807, 2.05) is 48.7 Å². The van der Waals surface area contributed by atoms with Gasteiger partial charge in [0.1, 0.15) is 24.9 Å². The molecule has 0 spiro atoms. The Balaban J connectivity index is 0.00000101. The van der Waals surface area contributed by atoms with Crippen LogP contribution in [-0.2, 0) is 17.9 Å². The number of carbonyl (C=O) groups excluding carboxylic acids is 1. The van der Waals surface area contributed by atoms with Gasteiger partial charge in [0.05, 0.1) is 6.54 Å². The standard InChI is InChI=1S/C22H26N2O3S.C2H4O.C2H4/c1-5-18-12-24(11-16(18)2)13-19-10-21(25)22(15-26-19)27-14-17-6-8-20(9-7-17)28-23(3)4;1-2-3;1-2/h5-10,15H,1,11-14H2,2-4H3;2H,1H3;1-2H2. The van der Waals surface area contributed by atoms with Gasteiger partial charge in [0, 0.05) is 24.1 Å². The van der Waals surface area contributed by atoms with Crippen LogP contribution in [0.1, 0.15) is 25.2 Å². The summed E-state index contributed by atoms with van der Waals surface area (Å²) in [6.45, 7) is 16.0. The molecule has 0 atom stereocenters. The Morgan fingerprint density at radius 2 is 1.85 bits per heavy atom. The minimum atomic E-state index is -0.158. The van der Waals surface area contributed by atoms with E-state index in [4.69, 9.17) is 13.9 Å². The van der Waals surface area contributed by atoms with Crippen LogP contribution in [0.15, 0.2) is 87.7 Å². The number of ether oxygens (including phenoxy) is 1. The topological polar surface area (TPSA) is 63.0 Å². The van der Waals surface area contributed by atoms with Crippen LogP contribution in [0.5, 0.6) is 5.75 Å². The highest BCUT2D eigenvalue weighted by molar-refractivity contribution is 7.97. The summed E-state index contributed by atoms with van der Waals surface area (Å²) in [5.41, 5.74) is 3.40. The van der Waals surface area contributed by atoms with E-state index < -0.39 is 0 Å². The Morgan fingerprint density at radius 1 is 1.21 bits per heavy atom. The third-order valence-electron chi connectivity index (χ3n) is 4.49. The molecule has 0 N–H and O–H groups in total. The number of nitrogens with zero attached hydrogens (tertiary/aromatic N) is 2. The first-order valence-corrected chi connectivity index (χ1v) is 11.3. The minimum Gasteiger partial charge on any atom is -0.482 e. The average Bonchev–Trinajstić information content (AvgIpc) is 3.15. The second-order valence-corrected chi connectivity index (χ2v) is 8.69. The molecule has 178 valence electrons. The molecule has 3 rings (SSSR count). The first-order valence-electron chi connectivity index (χ1n) is 10.5. The van der Waals surface area contributed by atoms with Gasteiger partial charge in [-0.3, -0.25) is 14.0 Å². The number of hydrogen-bond acceptors (Lipinski definition) is 7. The number of aldehydes is 1. The second kappa shape index (κ2) is 15.1. The molecule has 0 unspecified atom stereocenters.